The molecule has 6 rings (SSSR count). The number of benzene rings is 1. The molecular weight excluding hydrogens is 621 g/mol. The summed E-state index contributed by atoms with van der Waals surface area (Å²) in [6.07, 6.45) is 5.45. The Bertz CT molecular complexity index is 2280. The number of carbonyl (C=O) groups excluding carboxylic acids is 1. The molecule has 5 heterocycles. The third-order valence-corrected chi connectivity index (χ3v) is 9.91. The van der Waals surface area contributed by atoms with E-state index in [0.29, 0.717) is 33.4 Å². The maximum absolute atomic E-state index is 16.6. The monoisotopic (exact) mass is 657 g/mol. The summed E-state index contributed by atoms with van der Waals surface area (Å²) in [4.78, 5) is 39.6. The second-order valence-corrected chi connectivity index (χ2v) is 14.4. The van der Waals surface area contributed by atoms with Crippen molar-refractivity contribution in [3.05, 3.63) is 82.3 Å². The second-order valence-electron chi connectivity index (χ2n) is 12.4. The number of hydrogen-bond acceptors (Lipinski definition) is 8. The number of aromatic nitrogens is 5. The van der Waals surface area contributed by atoms with E-state index in [1.165, 1.54) is 16.7 Å². The molecule has 1 saturated heterocycles. The Morgan fingerprint density at radius 1 is 1.13 bits per heavy atom. The van der Waals surface area contributed by atoms with E-state index in [2.05, 4.69) is 21.8 Å². The van der Waals surface area contributed by atoms with Crippen LogP contribution in [0, 0.1) is 19.7 Å². The summed E-state index contributed by atoms with van der Waals surface area (Å²) < 4.78 is 45.2. The number of amides is 1. The van der Waals surface area contributed by atoms with Crippen LogP contribution in [0.1, 0.15) is 43.5 Å². The first kappa shape index (κ1) is 32.0. The van der Waals surface area contributed by atoms with Gasteiger partial charge in [-0.05, 0) is 62.1 Å². The number of aryl methyl sites for hydroxylation is 2. The number of piperazine rings is 1. The maximum atomic E-state index is 16.6. The third kappa shape index (κ3) is 5.28. The Kier molecular flexibility index (Phi) is 7.99. The second kappa shape index (κ2) is 11.7. The van der Waals surface area contributed by atoms with Gasteiger partial charge in [-0.1, -0.05) is 26.5 Å². The summed E-state index contributed by atoms with van der Waals surface area (Å²) >= 11 is 0. The van der Waals surface area contributed by atoms with Crippen LogP contribution in [0.2, 0.25) is 0 Å². The van der Waals surface area contributed by atoms with Crippen molar-refractivity contribution in [2.75, 3.05) is 30.8 Å². The van der Waals surface area contributed by atoms with Crippen molar-refractivity contribution in [2.24, 2.45) is 0 Å². The van der Waals surface area contributed by atoms with E-state index in [0.717, 1.165) is 11.8 Å². The fourth-order valence-electron chi connectivity index (χ4n) is 6.59. The minimum Gasteiger partial charge on any atom is -0.363 e. The van der Waals surface area contributed by atoms with E-state index in [1.54, 1.807) is 28.3 Å². The van der Waals surface area contributed by atoms with E-state index in [4.69, 9.17) is 4.98 Å². The van der Waals surface area contributed by atoms with E-state index < -0.39 is 32.2 Å². The molecule has 1 aliphatic heterocycles. The van der Waals surface area contributed by atoms with E-state index in [-0.39, 0.29) is 53.9 Å². The first-order valence-corrected chi connectivity index (χ1v) is 17.2. The molecule has 0 aliphatic carbocycles. The molecule has 13 heteroatoms. The van der Waals surface area contributed by atoms with Crippen LogP contribution in [-0.2, 0) is 14.6 Å². The minimum absolute atomic E-state index is 0.00436. The molecule has 244 valence electrons. The molecule has 1 aromatic carbocycles. The Balaban J connectivity index is 1.79. The molecule has 5 aromatic rings. The lowest BCUT2D eigenvalue weighted by molar-refractivity contribution is -0.126. The molecule has 47 heavy (non-hydrogen) atoms. The summed E-state index contributed by atoms with van der Waals surface area (Å²) in [5.74, 6) is -1.10. The number of anilines is 1. The standard InChI is InChI=1S/C34H36FN7O4S/c1-8-26(43)40-13-14-41(21(6)17-40)31-22-15-24(35)29(27-19(4)9-10-25-23(27)16-37-39-25)38-33(22)42(34(44)32(31)47(7,45)46)30-20(5)11-12-36-28(30)18(2)3/h8-12,15-16,18,21H,1,13-14,17H2,2-7H3,(H,37,39)/t21-/m0/s1. The molecule has 0 bridgehead atoms. The number of pyridine rings is 3. The van der Waals surface area contributed by atoms with E-state index >= 15 is 4.39 Å². The molecule has 0 spiro atoms. The first-order chi connectivity index (χ1) is 22.2. The maximum Gasteiger partial charge on any atom is 0.277 e. The number of rotatable bonds is 6. The molecule has 0 unspecified atom stereocenters. The zero-order valence-electron chi connectivity index (χ0n) is 27.1. The summed E-state index contributed by atoms with van der Waals surface area (Å²) in [5, 5.41) is 7.85. The van der Waals surface area contributed by atoms with Crippen LogP contribution < -0.4 is 10.5 Å². The number of aromatic amines is 1. The number of sulfone groups is 1. The van der Waals surface area contributed by atoms with Gasteiger partial charge >= 0.3 is 0 Å². The summed E-state index contributed by atoms with van der Waals surface area (Å²) in [6.45, 7) is 13.6. The minimum atomic E-state index is -4.20. The molecule has 1 N–H and O–H groups in total. The lowest BCUT2D eigenvalue weighted by Crippen LogP contribution is -2.54. The van der Waals surface area contributed by atoms with Crippen molar-refractivity contribution in [3.8, 4) is 16.9 Å². The van der Waals surface area contributed by atoms with Gasteiger partial charge in [-0.3, -0.25) is 24.2 Å². The van der Waals surface area contributed by atoms with Gasteiger partial charge in [-0.2, -0.15) is 5.10 Å². The fourth-order valence-corrected chi connectivity index (χ4v) is 7.58. The predicted molar refractivity (Wildman–Crippen MR) is 180 cm³/mol. The predicted octanol–water partition coefficient (Wildman–Crippen LogP) is 4.83. The third-order valence-electron chi connectivity index (χ3n) is 8.80. The van der Waals surface area contributed by atoms with Crippen LogP contribution >= 0.6 is 0 Å². The topological polar surface area (TPSA) is 134 Å². The van der Waals surface area contributed by atoms with Crippen LogP contribution in [0.25, 0.3) is 38.9 Å². The highest BCUT2D eigenvalue weighted by molar-refractivity contribution is 7.90. The van der Waals surface area contributed by atoms with Crippen molar-refractivity contribution >= 4 is 43.4 Å². The van der Waals surface area contributed by atoms with E-state index in [1.807, 2.05) is 46.8 Å². The molecule has 11 nitrogen and oxygen atoms in total. The lowest BCUT2D eigenvalue weighted by Gasteiger charge is -2.42. The van der Waals surface area contributed by atoms with Gasteiger partial charge in [0, 0.05) is 54.5 Å². The molecule has 1 fully saturated rings. The molecule has 4 aromatic heterocycles. The smallest absolute Gasteiger partial charge is 0.277 e. The Morgan fingerprint density at radius 2 is 1.87 bits per heavy atom. The lowest BCUT2D eigenvalue weighted by atomic mass is 9.99. The van der Waals surface area contributed by atoms with Crippen LogP contribution in [0.4, 0.5) is 10.1 Å². The molecule has 1 amide bonds. The van der Waals surface area contributed by atoms with Crippen molar-refractivity contribution in [1.29, 1.82) is 0 Å². The Hall–Kier alpha value is -4.91. The normalized spacial score (nSPS) is 15.6. The van der Waals surface area contributed by atoms with Crippen LogP contribution in [0.15, 0.2) is 59.0 Å². The first-order valence-electron chi connectivity index (χ1n) is 15.3. The highest BCUT2D eigenvalue weighted by Crippen LogP contribution is 2.39. The molecule has 1 aliphatic rings. The van der Waals surface area contributed by atoms with Gasteiger partial charge in [0.2, 0.25) is 5.91 Å². The number of halogens is 1. The molecular formula is C34H36FN7O4S. The van der Waals surface area contributed by atoms with Gasteiger partial charge in [0.05, 0.1) is 28.8 Å². The van der Waals surface area contributed by atoms with E-state index in [9.17, 15) is 18.0 Å². The van der Waals surface area contributed by atoms with Crippen molar-refractivity contribution < 1.29 is 17.6 Å². The number of H-pyrrole nitrogens is 1. The summed E-state index contributed by atoms with van der Waals surface area (Å²) in [6, 6.07) is 6.26. The zero-order valence-corrected chi connectivity index (χ0v) is 27.9. The zero-order chi connectivity index (χ0) is 33.9. The number of hydrogen-bond donors (Lipinski definition) is 1. The molecule has 0 saturated carbocycles. The largest absolute Gasteiger partial charge is 0.363 e. The van der Waals surface area contributed by atoms with Gasteiger partial charge in [0.1, 0.15) is 11.5 Å². The van der Waals surface area contributed by atoms with Crippen LogP contribution in [0.3, 0.4) is 0 Å². The Morgan fingerprint density at radius 3 is 2.53 bits per heavy atom. The van der Waals surface area contributed by atoms with Gasteiger partial charge in [0.25, 0.3) is 5.56 Å². The number of nitrogens with one attached hydrogen (secondary N) is 1. The van der Waals surface area contributed by atoms with Crippen molar-refractivity contribution in [3.63, 3.8) is 0 Å². The van der Waals surface area contributed by atoms with Gasteiger partial charge in [-0.15, -0.1) is 0 Å². The van der Waals surface area contributed by atoms with Gasteiger partial charge in [-0.25, -0.2) is 17.8 Å². The average molecular weight is 658 g/mol. The van der Waals surface area contributed by atoms with Crippen LogP contribution in [0.5, 0.6) is 0 Å². The van der Waals surface area contributed by atoms with Gasteiger partial charge in [0.15, 0.2) is 20.4 Å². The quantitative estimate of drug-likeness (QED) is 0.257. The van der Waals surface area contributed by atoms with Gasteiger partial charge < -0.3 is 9.80 Å². The number of fused-ring (bicyclic) bond motifs is 2. The fraction of sp³-hybridized carbons (Fsp3) is 0.324. The summed E-state index contributed by atoms with van der Waals surface area (Å²) in [5.41, 5.74) is 2.88. The summed E-state index contributed by atoms with van der Waals surface area (Å²) in [7, 11) is -4.20. The van der Waals surface area contributed by atoms with Crippen molar-refractivity contribution in [2.45, 2.75) is 51.5 Å². The Labute approximate surface area is 271 Å². The number of carbonyl (C=O) groups is 1. The van der Waals surface area contributed by atoms with Crippen LogP contribution in [-0.4, -0.2) is 75.9 Å². The SMILES string of the molecule is C=CC(=O)N1CCN(c2c(S(C)(=O)=O)c(=O)n(-c3c(C)ccnc3C(C)C)c3nc(-c4c(C)ccc5[nH]ncc45)c(F)cc23)[C@@H](C)C1. The average Bonchev–Trinajstić information content (AvgIpc) is 3.49. The highest BCUT2D eigenvalue weighted by Gasteiger charge is 2.35. The van der Waals surface area contributed by atoms with Crippen molar-refractivity contribution in [1.82, 2.24) is 29.6 Å². The molecule has 0 radical (unpaired) electrons. The highest BCUT2D eigenvalue weighted by atomic mass is 32.2. The molecule has 1 atom stereocenters. The number of nitrogens with zero attached hydrogens (tertiary/aromatic N) is 6.